The Hall–Kier alpha value is -2.13. The zero-order chi connectivity index (χ0) is 30.8. The summed E-state index contributed by atoms with van der Waals surface area (Å²) in [5, 5.41) is 3.72. The summed E-state index contributed by atoms with van der Waals surface area (Å²) in [7, 11) is 2.06. The van der Waals surface area contributed by atoms with Gasteiger partial charge in [0, 0.05) is 36.5 Å². The molecule has 2 aromatic carbocycles. The first-order chi connectivity index (χ1) is 19.9. The van der Waals surface area contributed by atoms with Crippen molar-refractivity contribution in [2.75, 3.05) is 39.8 Å². The molecule has 2 atom stereocenters. The average Bonchev–Trinajstić information content (AvgIpc) is 2.93. The Labute approximate surface area is 304 Å². The number of alkyl halides is 3. The number of nitrogens with zero attached hydrogens (tertiary/aromatic N) is 1. The highest BCUT2D eigenvalue weighted by atomic mass is 35.5. The molecule has 0 saturated heterocycles. The second kappa shape index (κ2) is 23.3. The van der Waals surface area contributed by atoms with Gasteiger partial charge in [-0.1, -0.05) is 24.3 Å². The van der Waals surface area contributed by atoms with Gasteiger partial charge >= 0.3 is 6.36 Å². The minimum atomic E-state index is -4.81. The van der Waals surface area contributed by atoms with Crippen molar-refractivity contribution >= 4 is 84.6 Å². The molecule has 0 aliphatic carbocycles. The van der Waals surface area contributed by atoms with E-state index in [1.165, 1.54) is 24.3 Å². The summed E-state index contributed by atoms with van der Waals surface area (Å²) in [6.07, 6.45) is -1.90. The molecule has 0 aliphatic rings. The average molecular weight is 773 g/mol. The largest absolute Gasteiger partial charge is 0.573 e. The van der Waals surface area contributed by atoms with Gasteiger partial charge in [-0.15, -0.1) is 75.2 Å². The number of para-hydroxylation sites is 1. The molecule has 8 N–H and O–H groups in total. The van der Waals surface area contributed by atoms with Crippen molar-refractivity contribution in [1.29, 1.82) is 0 Å². The Balaban J connectivity index is -0.00000387. The molecule has 0 radical (unpaired) electrons. The number of carbonyl (C=O) groups excluding carboxylic acids is 2. The lowest BCUT2D eigenvalue weighted by Crippen LogP contribution is -2.52. The number of aromatic nitrogens is 1. The number of Topliss-reactive ketones (excluding diaryl/α,β-unsaturated/α-hetero) is 1. The minimum Gasteiger partial charge on any atom is -0.406 e. The first kappa shape index (κ1) is 49.3. The number of fused-ring (bicyclic) bond motifs is 1. The van der Waals surface area contributed by atoms with Crippen LogP contribution in [0, 0.1) is 0 Å². The number of pyridine rings is 1. The summed E-state index contributed by atoms with van der Waals surface area (Å²) in [6.45, 7) is 3.31. The van der Waals surface area contributed by atoms with Crippen LogP contribution in [-0.2, 0) is 22.4 Å². The van der Waals surface area contributed by atoms with E-state index >= 15 is 0 Å². The molecular formula is C30H46Cl5F3N6O3+2. The van der Waals surface area contributed by atoms with Crippen molar-refractivity contribution in [2.45, 2.75) is 44.1 Å². The molecule has 0 saturated carbocycles. The van der Waals surface area contributed by atoms with Crippen LogP contribution in [-0.4, -0.2) is 74.4 Å². The molecule has 3 rings (SSSR count). The highest BCUT2D eigenvalue weighted by Crippen LogP contribution is 2.23. The normalized spacial score (nSPS) is 12.1. The van der Waals surface area contributed by atoms with Crippen LogP contribution >= 0.6 is 62.0 Å². The fourth-order valence-corrected chi connectivity index (χ4v) is 4.96. The van der Waals surface area contributed by atoms with E-state index in [1.807, 2.05) is 30.3 Å². The Kier molecular flexibility index (Phi) is 24.4. The number of ether oxygens (including phenoxy) is 1. The molecule has 268 valence electrons. The smallest absolute Gasteiger partial charge is 0.406 e. The van der Waals surface area contributed by atoms with E-state index in [0.717, 1.165) is 36.1 Å². The van der Waals surface area contributed by atoms with Crippen LogP contribution in [0.15, 0.2) is 60.8 Å². The number of amides is 1. The van der Waals surface area contributed by atoms with Crippen LogP contribution in [0.2, 0.25) is 0 Å². The lowest BCUT2D eigenvalue weighted by Gasteiger charge is -2.34. The second-order valence-electron chi connectivity index (χ2n) is 10.8. The molecule has 3 aromatic rings. The van der Waals surface area contributed by atoms with E-state index in [9.17, 15) is 22.8 Å². The quantitative estimate of drug-likeness (QED) is 0.162. The third-order valence-electron chi connectivity index (χ3n) is 7.28. The number of aromatic amines is 1. The van der Waals surface area contributed by atoms with Gasteiger partial charge in [0.15, 0.2) is 12.0 Å². The maximum Gasteiger partial charge on any atom is 0.573 e. The van der Waals surface area contributed by atoms with Crippen molar-refractivity contribution in [3.8, 4) is 5.75 Å². The van der Waals surface area contributed by atoms with Crippen molar-refractivity contribution in [1.82, 2.24) is 5.32 Å². The number of carbonyl (C=O) groups is 2. The fourth-order valence-electron chi connectivity index (χ4n) is 4.96. The summed E-state index contributed by atoms with van der Waals surface area (Å²) < 4.78 is 42.3. The molecule has 9 nitrogen and oxygen atoms in total. The van der Waals surface area contributed by atoms with E-state index < -0.39 is 24.4 Å². The molecule has 0 unspecified atom stereocenters. The van der Waals surface area contributed by atoms with Crippen LogP contribution in [0.25, 0.3) is 10.9 Å². The zero-order valence-corrected chi connectivity index (χ0v) is 30.0. The first-order valence-corrected chi connectivity index (χ1v) is 14.0. The van der Waals surface area contributed by atoms with Crippen LogP contribution in [0.4, 0.5) is 13.2 Å². The number of hydrogen-bond acceptors (Lipinski definition) is 6. The number of H-pyrrole nitrogens is 1. The topological polar surface area (TPSA) is 148 Å². The maximum atomic E-state index is 13.5. The van der Waals surface area contributed by atoms with Gasteiger partial charge in [-0.25, -0.2) is 4.98 Å². The van der Waals surface area contributed by atoms with E-state index in [-0.39, 0.29) is 86.4 Å². The number of likely N-dealkylation sites (N-methyl/N-ethyl adjacent to an activating group) is 1. The Morgan fingerprint density at radius 1 is 0.915 bits per heavy atom. The summed E-state index contributed by atoms with van der Waals surface area (Å²) >= 11 is 0. The lowest BCUT2D eigenvalue weighted by atomic mass is 9.97. The molecule has 1 amide bonds. The van der Waals surface area contributed by atoms with E-state index in [0.29, 0.717) is 36.0 Å². The predicted molar refractivity (Wildman–Crippen MR) is 190 cm³/mol. The number of hydrogen-bond donors (Lipinski definition) is 4. The predicted octanol–water partition coefficient (Wildman–Crippen LogP) is 3.97. The number of halogens is 8. The summed E-state index contributed by atoms with van der Waals surface area (Å²) in [6, 6.07) is 13.0. The third kappa shape index (κ3) is 16.7. The maximum absolute atomic E-state index is 13.5. The molecule has 47 heavy (non-hydrogen) atoms. The first-order valence-electron chi connectivity index (χ1n) is 14.0. The molecule has 0 bridgehead atoms. The molecule has 1 aromatic heterocycles. The number of nitrogens with one attached hydrogen (secondary N) is 2. The van der Waals surface area contributed by atoms with E-state index in [2.05, 4.69) is 22.1 Å². The van der Waals surface area contributed by atoms with Gasteiger partial charge in [0.25, 0.3) is 0 Å². The molecule has 1 heterocycles. The van der Waals surface area contributed by atoms with Gasteiger partial charge < -0.3 is 31.7 Å². The van der Waals surface area contributed by atoms with Crippen LogP contribution in [0.5, 0.6) is 5.75 Å². The van der Waals surface area contributed by atoms with Crippen LogP contribution in [0.3, 0.4) is 0 Å². The molecule has 0 spiro atoms. The Morgan fingerprint density at radius 2 is 1.51 bits per heavy atom. The fraction of sp³-hybridized carbons (Fsp3) is 0.433. The lowest BCUT2D eigenvalue weighted by molar-refractivity contribution is -0.907. The summed E-state index contributed by atoms with van der Waals surface area (Å²) in [4.78, 5) is 29.8. The second-order valence-corrected chi connectivity index (χ2v) is 10.8. The molecule has 0 aliphatic heterocycles. The highest BCUT2D eigenvalue weighted by molar-refractivity contribution is 5.92. The third-order valence-corrected chi connectivity index (χ3v) is 7.28. The van der Waals surface area contributed by atoms with Crippen molar-refractivity contribution in [2.24, 2.45) is 17.2 Å². The van der Waals surface area contributed by atoms with Crippen LogP contribution < -0.4 is 32.2 Å². The van der Waals surface area contributed by atoms with Gasteiger partial charge in [0.2, 0.25) is 11.4 Å². The van der Waals surface area contributed by atoms with E-state index in [4.69, 9.17) is 17.2 Å². The van der Waals surface area contributed by atoms with Gasteiger partial charge in [0.05, 0.1) is 38.8 Å². The molecule has 0 fully saturated rings. The van der Waals surface area contributed by atoms with Gasteiger partial charge in [-0.3, -0.25) is 9.59 Å². The number of rotatable bonds is 16. The highest BCUT2D eigenvalue weighted by Gasteiger charge is 2.31. The number of benzene rings is 2. The zero-order valence-electron chi connectivity index (χ0n) is 25.9. The Bertz CT molecular complexity index is 1340. The van der Waals surface area contributed by atoms with E-state index in [1.54, 1.807) is 6.20 Å². The van der Waals surface area contributed by atoms with Crippen molar-refractivity contribution < 1.29 is 37.0 Å². The number of quaternary nitrogens is 1. The van der Waals surface area contributed by atoms with Crippen molar-refractivity contribution in [3.05, 3.63) is 71.9 Å². The summed E-state index contributed by atoms with van der Waals surface area (Å²) in [5.41, 5.74) is 19.9. The summed E-state index contributed by atoms with van der Waals surface area (Å²) in [5.74, 6) is -1.10. The number of nitrogens with two attached hydrogens (primary N) is 3. The Morgan fingerprint density at radius 3 is 2.09 bits per heavy atom. The number of ketones is 1. The monoisotopic (exact) mass is 770 g/mol. The van der Waals surface area contributed by atoms with Gasteiger partial charge in [-0.05, 0) is 49.1 Å². The van der Waals surface area contributed by atoms with Gasteiger partial charge in [0.1, 0.15) is 5.75 Å². The SMILES string of the molecule is C[N+](CCN)(CCN)CCC[C@H](N)C(=O)N[C@@H](Cc1ccc(OC(F)(F)F)cc1)C(=O)Cc1c[nH+]c2ccccc2c1.Cl.Cl.Cl.Cl.Cl. The van der Waals surface area contributed by atoms with Crippen LogP contribution in [0.1, 0.15) is 24.0 Å². The standard InChI is InChI=1S/C30H39F3N6O3.5ClH/c1-39(15-12-34,16-13-35)14-4-6-25(36)29(41)38-27(18-21-8-10-24(11-9-21)42-30(31,32)33)28(40)19-22-17-23-5-2-3-7-26(23)37-20-22;;;;;/h2-3,5,7-11,17,20,25,27H,4,6,12-16,18-19,34-36H2,1H3;5*1H/p+2/t25-,27-;;;;;/m0...../s1. The van der Waals surface area contributed by atoms with Gasteiger partial charge in [-0.2, -0.15) is 0 Å². The molecular weight excluding hydrogens is 727 g/mol. The van der Waals surface area contributed by atoms with Crippen molar-refractivity contribution in [3.63, 3.8) is 0 Å². The molecule has 17 heteroatoms. The minimum absolute atomic E-state index is 0.